The van der Waals surface area contributed by atoms with Crippen molar-refractivity contribution in [2.45, 2.75) is 19.4 Å². The Hall–Kier alpha value is -2.08. The topological polar surface area (TPSA) is 106 Å². The van der Waals surface area contributed by atoms with Crippen LogP contribution in [-0.2, 0) is 6.54 Å². The lowest BCUT2D eigenvalue weighted by molar-refractivity contribution is 0.332. The summed E-state index contributed by atoms with van der Waals surface area (Å²) >= 11 is 0. The maximum Gasteiger partial charge on any atom is 0.223 e. The lowest BCUT2D eigenvalue weighted by Gasteiger charge is -2.15. The fraction of sp³-hybridized carbons (Fsp3) is 0.385. The molecule has 1 aliphatic rings. The SMILES string of the molecule is NC(N)=NC(N)=Nc1ccccc1CN1CCCC1. The molecule has 19 heavy (non-hydrogen) atoms. The first-order chi connectivity index (χ1) is 9.15. The van der Waals surface area contributed by atoms with Gasteiger partial charge < -0.3 is 17.2 Å². The summed E-state index contributed by atoms with van der Waals surface area (Å²) in [5.41, 5.74) is 18.2. The highest BCUT2D eigenvalue weighted by Gasteiger charge is 2.13. The van der Waals surface area contributed by atoms with Crippen LogP contribution in [0.5, 0.6) is 0 Å². The molecule has 1 heterocycles. The van der Waals surface area contributed by atoms with Crippen LogP contribution in [0.25, 0.3) is 0 Å². The molecule has 1 fully saturated rings. The molecule has 0 spiro atoms. The van der Waals surface area contributed by atoms with Gasteiger partial charge in [0.1, 0.15) is 0 Å². The molecule has 0 aromatic heterocycles. The minimum atomic E-state index is -0.0849. The van der Waals surface area contributed by atoms with Gasteiger partial charge in [0.2, 0.25) is 5.96 Å². The molecule has 0 atom stereocenters. The molecule has 0 radical (unpaired) electrons. The largest absolute Gasteiger partial charge is 0.370 e. The number of nitrogens with two attached hydrogens (primary N) is 3. The Bertz CT molecular complexity index is 484. The molecule has 0 unspecified atom stereocenters. The lowest BCUT2D eigenvalue weighted by atomic mass is 10.1. The molecule has 102 valence electrons. The number of rotatable bonds is 3. The highest BCUT2D eigenvalue weighted by molar-refractivity contribution is 5.93. The van der Waals surface area contributed by atoms with Crippen molar-refractivity contribution in [3.8, 4) is 0 Å². The summed E-state index contributed by atoms with van der Waals surface area (Å²) in [5, 5.41) is 0. The maximum atomic E-state index is 5.67. The van der Waals surface area contributed by atoms with Crippen molar-refractivity contribution in [1.29, 1.82) is 0 Å². The molecule has 0 saturated carbocycles. The van der Waals surface area contributed by atoms with E-state index in [9.17, 15) is 0 Å². The van der Waals surface area contributed by atoms with Gasteiger partial charge in [0.15, 0.2) is 5.96 Å². The summed E-state index contributed by atoms with van der Waals surface area (Å²) in [6, 6.07) is 7.90. The molecule has 1 aromatic rings. The Morgan fingerprint density at radius 2 is 1.79 bits per heavy atom. The lowest BCUT2D eigenvalue weighted by Crippen LogP contribution is -2.26. The standard InChI is InChI=1S/C13H20N6/c14-12(15)18-13(16)17-11-6-2-1-5-10(11)9-19-7-3-4-8-19/h1-2,5-6H,3-4,7-9H2,(H6,14,15,16,17,18). The van der Waals surface area contributed by atoms with Crippen molar-refractivity contribution in [3.63, 3.8) is 0 Å². The van der Waals surface area contributed by atoms with Gasteiger partial charge in [-0.1, -0.05) is 18.2 Å². The minimum Gasteiger partial charge on any atom is -0.370 e. The fourth-order valence-corrected chi connectivity index (χ4v) is 2.22. The van der Waals surface area contributed by atoms with Gasteiger partial charge in [0.25, 0.3) is 0 Å². The van der Waals surface area contributed by atoms with Crippen LogP contribution >= 0.6 is 0 Å². The Kier molecular flexibility index (Phi) is 4.35. The molecule has 2 rings (SSSR count). The van der Waals surface area contributed by atoms with Gasteiger partial charge in [0.05, 0.1) is 5.69 Å². The third-order valence-electron chi connectivity index (χ3n) is 3.06. The molecule has 6 heteroatoms. The second-order valence-electron chi connectivity index (χ2n) is 4.62. The normalized spacial score (nSPS) is 16.5. The molecule has 1 aliphatic heterocycles. The van der Waals surface area contributed by atoms with E-state index in [1.54, 1.807) is 0 Å². The van der Waals surface area contributed by atoms with Gasteiger partial charge >= 0.3 is 0 Å². The quantitative estimate of drug-likeness (QED) is 0.543. The van der Waals surface area contributed by atoms with Gasteiger partial charge in [-0.2, -0.15) is 4.99 Å². The smallest absolute Gasteiger partial charge is 0.223 e. The highest BCUT2D eigenvalue weighted by atomic mass is 15.1. The number of benzene rings is 1. The first kappa shape index (κ1) is 13.4. The monoisotopic (exact) mass is 260 g/mol. The van der Waals surface area contributed by atoms with E-state index in [0.717, 1.165) is 30.9 Å². The molecule has 1 aromatic carbocycles. The van der Waals surface area contributed by atoms with Crippen LogP contribution in [0, 0.1) is 0 Å². The van der Waals surface area contributed by atoms with Crippen LogP contribution in [0.1, 0.15) is 18.4 Å². The highest BCUT2D eigenvalue weighted by Crippen LogP contribution is 2.22. The van der Waals surface area contributed by atoms with E-state index < -0.39 is 0 Å². The predicted octanol–water partition coefficient (Wildman–Crippen LogP) is 0.502. The van der Waals surface area contributed by atoms with Gasteiger partial charge in [-0.3, -0.25) is 4.90 Å². The van der Waals surface area contributed by atoms with Crippen molar-refractivity contribution in [1.82, 2.24) is 4.90 Å². The molecular weight excluding hydrogens is 240 g/mol. The van der Waals surface area contributed by atoms with E-state index in [1.165, 1.54) is 12.8 Å². The first-order valence-electron chi connectivity index (χ1n) is 6.39. The Morgan fingerprint density at radius 3 is 2.47 bits per heavy atom. The summed E-state index contributed by atoms with van der Waals surface area (Å²) < 4.78 is 0. The summed E-state index contributed by atoms with van der Waals surface area (Å²) in [6.07, 6.45) is 2.53. The number of hydrogen-bond acceptors (Lipinski definition) is 2. The number of hydrogen-bond donors (Lipinski definition) is 3. The van der Waals surface area contributed by atoms with Crippen LogP contribution < -0.4 is 17.2 Å². The third-order valence-corrected chi connectivity index (χ3v) is 3.06. The van der Waals surface area contributed by atoms with Crippen LogP contribution in [0.4, 0.5) is 5.69 Å². The van der Waals surface area contributed by atoms with Crippen molar-refractivity contribution in [2.75, 3.05) is 13.1 Å². The number of para-hydroxylation sites is 1. The van der Waals surface area contributed by atoms with E-state index in [-0.39, 0.29) is 11.9 Å². The van der Waals surface area contributed by atoms with Gasteiger partial charge in [0, 0.05) is 6.54 Å². The second kappa shape index (κ2) is 6.19. The second-order valence-corrected chi connectivity index (χ2v) is 4.62. The molecule has 0 amide bonds. The molecule has 1 saturated heterocycles. The van der Waals surface area contributed by atoms with Crippen LogP contribution in [0.3, 0.4) is 0 Å². The van der Waals surface area contributed by atoms with Crippen molar-refractivity contribution in [2.24, 2.45) is 27.2 Å². The molecule has 0 bridgehead atoms. The van der Waals surface area contributed by atoms with E-state index in [0.29, 0.717) is 0 Å². The number of guanidine groups is 2. The number of likely N-dealkylation sites (tertiary alicyclic amines) is 1. The summed E-state index contributed by atoms with van der Waals surface area (Å²) in [7, 11) is 0. The molecule has 6 N–H and O–H groups in total. The summed E-state index contributed by atoms with van der Waals surface area (Å²) in [6.45, 7) is 3.16. The average Bonchev–Trinajstić information content (AvgIpc) is 2.83. The molecular formula is C13H20N6. The Balaban J connectivity index is 2.18. The summed E-state index contributed by atoms with van der Waals surface area (Å²) in [5.74, 6) is -0.00727. The van der Waals surface area contributed by atoms with Crippen LogP contribution in [-0.4, -0.2) is 29.9 Å². The van der Waals surface area contributed by atoms with E-state index in [2.05, 4.69) is 21.0 Å². The van der Waals surface area contributed by atoms with Crippen molar-refractivity contribution >= 4 is 17.6 Å². The number of nitrogens with zero attached hydrogens (tertiary/aromatic N) is 3. The average molecular weight is 260 g/mol. The Labute approximate surface area is 113 Å². The first-order valence-corrected chi connectivity index (χ1v) is 6.39. The molecule has 0 aliphatic carbocycles. The number of aliphatic imine (C=N–C) groups is 2. The predicted molar refractivity (Wildman–Crippen MR) is 78.0 cm³/mol. The van der Waals surface area contributed by atoms with Gasteiger partial charge in [-0.15, -0.1) is 0 Å². The summed E-state index contributed by atoms with van der Waals surface area (Å²) in [4.78, 5) is 10.4. The van der Waals surface area contributed by atoms with Gasteiger partial charge in [-0.05, 0) is 37.6 Å². The minimum absolute atomic E-state index is 0.0777. The zero-order valence-electron chi connectivity index (χ0n) is 10.9. The van der Waals surface area contributed by atoms with Crippen LogP contribution in [0.2, 0.25) is 0 Å². The molecule has 6 nitrogen and oxygen atoms in total. The van der Waals surface area contributed by atoms with Gasteiger partial charge in [-0.25, -0.2) is 4.99 Å². The Morgan fingerprint density at radius 1 is 1.11 bits per heavy atom. The third kappa shape index (κ3) is 3.96. The van der Waals surface area contributed by atoms with Crippen molar-refractivity contribution in [3.05, 3.63) is 29.8 Å². The van der Waals surface area contributed by atoms with E-state index in [4.69, 9.17) is 17.2 Å². The maximum absolute atomic E-state index is 5.67. The fourth-order valence-electron chi connectivity index (χ4n) is 2.22. The van der Waals surface area contributed by atoms with E-state index >= 15 is 0 Å². The van der Waals surface area contributed by atoms with E-state index in [1.807, 2.05) is 18.2 Å². The zero-order chi connectivity index (χ0) is 13.7. The zero-order valence-corrected chi connectivity index (χ0v) is 10.9. The van der Waals surface area contributed by atoms with Crippen molar-refractivity contribution < 1.29 is 0 Å². The van der Waals surface area contributed by atoms with Crippen LogP contribution in [0.15, 0.2) is 34.3 Å².